The van der Waals surface area contributed by atoms with Crippen LogP contribution in [0.2, 0.25) is 0 Å². The molecule has 1 amide bonds. The van der Waals surface area contributed by atoms with Crippen molar-refractivity contribution in [2.75, 3.05) is 20.3 Å². The number of carbonyl (C=O) groups is 1. The summed E-state index contributed by atoms with van der Waals surface area (Å²) in [5.74, 6) is 2.24. The number of hydrogen-bond donors (Lipinski definition) is 2. The lowest BCUT2D eigenvalue weighted by Gasteiger charge is -2.25. The van der Waals surface area contributed by atoms with Gasteiger partial charge in [0.2, 0.25) is 0 Å². The van der Waals surface area contributed by atoms with E-state index in [-0.39, 0.29) is 12.5 Å². The van der Waals surface area contributed by atoms with Gasteiger partial charge in [-0.2, -0.15) is 0 Å². The average Bonchev–Trinajstić information content (AvgIpc) is 2.82. The smallest absolute Gasteiger partial charge is 0.258 e. The summed E-state index contributed by atoms with van der Waals surface area (Å²) in [4.78, 5) is 12.2. The summed E-state index contributed by atoms with van der Waals surface area (Å²) in [5, 5.41) is 6.52. The van der Waals surface area contributed by atoms with E-state index in [1.165, 1.54) is 38.5 Å². The van der Waals surface area contributed by atoms with Crippen molar-refractivity contribution in [1.29, 1.82) is 0 Å². The number of nitrogens with one attached hydrogen (secondary N) is 2. The number of carbonyl (C=O) groups excluding carboxylic acids is 1. The van der Waals surface area contributed by atoms with Gasteiger partial charge in [0.05, 0.1) is 12.9 Å². The molecule has 1 fully saturated rings. The Labute approximate surface area is 194 Å². The van der Waals surface area contributed by atoms with Gasteiger partial charge < -0.3 is 20.1 Å². The van der Waals surface area contributed by atoms with Gasteiger partial charge in [-0.3, -0.25) is 4.79 Å². The third-order valence-corrected chi connectivity index (χ3v) is 6.01. The zero-order valence-corrected chi connectivity index (χ0v) is 20.0. The molecule has 0 aliphatic heterocycles. The van der Waals surface area contributed by atoms with Crippen LogP contribution in [0, 0.1) is 5.92 Å². The van der Waals surface area contributed by atoms with Gasteiger partial charge in [0, 0.05) is 24.7 Å². The fourth-order valence-electron chi connectivity index (χ4n) is 4.04. The minimum atomic E-state index is -0.147. The number of hydrogen-bond acceptors (Lipinski definition) is 4. The second kappa shape index (κ2) is 14.5. The SMILES string of the molecule is C=C/C=C\C(CNC(C)CC1CCCCC1)=C(/C)OCC(=O)NCc1ccc(OC)cc1. The molecule has 5 nitrogen and oxygen atoms in total. The molecule has 1 atom stereocenters. The van der Waals surface area contributed by atoms with Gasteiger partial charge in [0.1, 0.15) is 5.75 Å². The molecule has 1 aliphatic carbocycles. The molecule has 1 aliphatic rings. The predicted molar refractivity (Wildman–Crippen MR) is 131 cm³/mol. The molecular formula is C27H40N2O3. The maximum absolute atomic E-state index is 12.2. The van der Waals surface area contributed by atoms with Crippen LogP contribution in [0.1, 0.15) is 57.9 Å². The van der Waals surface area contributed by atoms with E-state index in [4.69, 9.17) is 9.47 Å². The lowest BCUT2D eigenvalue weighted by molar-refractivity contribution is -0.124. The lowest BCUT2D eigenvalue weighted by Crippen LogP contribution is -2.31. The highest BCUT2D eigenvalue weighted by Crippen LogP contribution is 2.27. The number of allylic oxidation sites excluding steroid dienone is 3. The largest absolute Gasteiger partial charge is 0.497 e. The van der Waals surface area contributed by atoms with Gasteiger partial charge in [0.15, 0.2) is 6.61 Å². The molecule has 1 aromatic rings. The Morgan fingerprint density at radius 1 is 1.22 bits per heavy atom. The maximum atomic E-state index is 12.2. The van der Waals surface area contributed by atoms with Crippen LogP contribution in [-0.4, -0.2) is 32.2 Å². The second-order valence-electron chi connectivity index (χ2n) is 8.61. The van der Waals surface area contributed by atoms with Crippen LogP contribution in [0.5, 0.6) is 5.75 Å². The van der Waals surface area contributed by atoms with E-state index in [9.17, 15) is 4.79 Å². The van der Waals surface area contributed by atoms with Crippen molar-refractivity contribution in [2.45, 2.75) is 65.0 Å². The molecule has 0 aromatic heterocycles. The van der Waals surface area contributed by atoms with Crippen LogP contribution >= 0.6 is 0 Å². The van der Waals surface area contributed by atoms with Gasteiger partial charge in [0.25, 0.3) is 5.91 Å². The fourth-order valence-corrected chi connectivity index (χ4v) is 4.04. The minimum absolute atomic E-state index is 0.00888. The van der Waals surface area contributed by atoms with E-state index in [0.29, 0.717) is 19.1 Å². The highest BCUT2D eigenvalue weighted by atomic mass is 16.5. The number of amides is 1. The van der Waals surface area contributed by atoms with Gasteiger partial charge in [-0.1, -0.05) is 69.0 Å². The lowest BCUT2D eigenvalue weighted by atomic mass is 9.85. The highest BCUT2D eigenvalue weighted by Gasteiger charge is 2.16. The van der Waals surface area contributed by atoms with Crippen LogP contribution in [0.25, 0.3) is 0 Å². The fraction of sp³-hybridized carbons (Fsp3) is 0.519. The first-order chi connectivity index (χ1) is 15.5. The molecule has 5 heteroatoms. The number of ether oxygens (including phenoxy) is 2. The molecule has 0 radical (unpaired) electrons. The quantitative estimate of drug-likeness (QED) is 0.323. The Morgan fingerprint density at radius 3 is 2.59 bits per heavy atom. The summed E-state index contributed by atoms with van der Waals surface area (Å²) in [6.07, 6.45) is 13.7. The Bertz CT molecular complexity index is 762. The van der Waals surface area contributed by atoms with Crippen molar-refractivity contribution in [1.82, 2.24) is 10.6 Å². The van der Waals surface area contributed by atoms with Gasteiger partial charge >= 0.3 is 0 Å². The molecule has 1 unspecified atom stereocenters. The van der Waals surface area contributed by atoms with Crippen LogP contribution in [0.3, 0.4) is 0 Å². The standard InChI is InChI=1S/C27H40N2O3/c1-5-6-12-25(19-28-21(2)17-23-10-8-7-9-11-23)22(3)32-20-27(30)29-18-24-13-15-26(31-4)16-14-24/h5-6,12-16,21,23,28H,1,7-11,17-20H2,2-4H3,(H,29,30)/b12-6-,25-22-. The van der Waals surface area contributed by atoms with Crippen molar-refractivity contribution in [3.63, 3.8) is 0 Å². The molecule has 2 N–H and O–H groups in total. The highest BCUT2D eigenvalue weighted by molar-refractivity contribution is 5.77. The Morgan fingerprint density at radius 2 is 1.94 bits per heavy atom. The summed E-state index contributed by atoms with van der Waals surface area (Å²) < 4.78 is 10.9. The van der Waals surface area contributed by atoms with Crippen LogP contribution in [-0.2, 0) is 16.1 Å². The van der Waals surface area contributed by atoms with Crippen molar-refractivity contribution >= 4 is 5.91 Å². The summed E-state index contributed by atoms with van der Waals surface area (Å²) in [5.41, 5.74) is 2.04. The van der Waals surface area contributed by atoms with Crippen molar-refractivity contribution in [3.8, 4) is 5.75 Å². The zero-order valence-electron chi connectivity index (χ0n) is 20.0. The van der Waals surface area contributed by atoms with Crippen molar-refractivity contribution in [2.24, 2.45) is 5.92 Å². The molecule has 176 valence electrons. The van der Waals surface area contributed by atoms with E-state index in [0.717, 1.165) is 28.6 Å². The number of methoxy groups -OCH3 is 1. The Balaban J connectivity index is 1.81. The monoisotopic (exact) mass is 440 g/mol. The summed E-state index contributed by atoms with van der Waals surface area (Å²) in [6.45, 7) is 9.08. The average molecular weight is 441 g/mol. The molecule has 0 heterocycles. The Hall–Kier alpha value is -2.53. The van der Waals surface area contributed by atoms with Crippen LogP contribution in [0.4, 0.5) is 0 Å². The maximum Gasteiger partial charge on any atom is 0.258 e. The van der Waals surface area contributed by atoms with E-state index in [2.05, 4.69) is 24.1 Å². The van der Waals surface area contributed by atoms with E-state index in [1.54, 1.807) is 13.2 Å². The van der Waals surface area contributed by atoms with E-state index < -0.39 is 0 Å². The van der Waals surface area contributed by atoms with Crippen LogP contribution in [0.15, 0.2) is 60.4 Å². The first kappa shape index (κ1) is 25.7. The molecule has 32 heavy (non-hydrogen) atoms. The molecule has 0 bridgehead atoms. The first-order valence-electron chi connectivity index (χ1n) is 11.8. The molecule has 0 saturated heterocycles. The molecular weight excluding hydrogens is 400 g/mol. The summed E-state index contributed by atoms with van der Waals surface area (Å²) in [6, 6.07) is 8.08. The van der Waals surface area contributed by atoms with Gasteiger partial charge in [-0.05, 0) is 43.9 Å². The number of benzene rings is 1. The normalized spacial score (nSPS) is 16.3. The summed E-state index contributed by atoms with van der Waals surface area (Å²) >= 11 is 0. The van der Waals surface area contributed by atoms with Crippen molar-refractivity contribution in [3.05, 3.63) is 66.0 Å². The van der Waals surface area contributed by atoms with E-state index in [1.807, 2.05) is 43.3 Å². The van der Waals surface area contributed by atoms with Gasteiger partial charge in [-0.25, -0.2) is 0 Å². The van der Waals surface area contributed by atoms with Gasteiger partial charge in [-0.15, -0.1) is 0 Å². The second-order valence-corrected chi connectivity index (χ2v) is 8.61. The molecule has 2 rings (SSSR count). The predicted octanol–water partition coefficient (Wildman–Crippen LogP) is 5.29. The van der Waals surface area contributed by atoms with E-state index >= 15 is 0 Å². The Kier molecular flexibility index (Phi) is 11.7. The minimum Gasteiger partial charge on any atom is -0.497 e. The molecule has 0 spiro atoms. The third kappa shape index (κ3) is 9.73. The topological polar surface area (TPSA) is 59.6 Å². The summed E-state index contributed by atoms with van der Waals surface area (Å²) in [7, 11) is 1.63. The zero-order chi connectivity index (χ0) is 23.2. The third-order valence-electron chi connectivity index (χ3n) is 6.01. The van der Waals surface area contributed by atoms with Crippen molar-refractivity contribution < 1.29 is 14.3 Å². The number of rotatable bonds is 13. The molecule has 1 saturated carbocycles. The van der Waals surface area contributed by atoms with Crippen LogP contribution < -0.4 is 15.4 Å². The first-order valence-corrected chi connectivity index (χ1v) is 11.8. The molecule has 1 aromatic carbocycles.